The van der Waals surface area contributed by atoms with Gasteiger partial charge in [-0.2, -0.15) is 0 Å². The van der Waals surface area contributed by atoms with Crippen LogP contribution in [-0.4, -0.2) is 30.2 Å². The zero-order valence-corrected chi connectivity index (χ0v) is 8.24. The first-order valence-corrected chi connectivity index (χ1v) is 5.42. The van der Waals surface area contributed by atoms with E-state index in [1.54, 1.807) is 0 Å². The van der Waals surface area contributed by atoms with E-state index in [1.165, 1.54) is 0 Å². The van der Waals surface area contributed by atoms with Gasteiger partial charge in [-0.25, -0.2) is 0 Å². The zero-order chi connectivity index (χ0) is 9.65. The van der Waals surface area contributed by atoms with Gasteiger partial charge in [0.25, 0.3) is 0 Å². The van der Waals surface area contributed by atoms with Gasteiger partial charge in [0.1, 0.15) is 0 Å². The summed E-state index contributed by atoms with van der Waals surface area (Å²) < 4.78 is 11.6. The van der Waals surface area contributed by atoms with Crippen LogP contribution in [0.3, 0.4) is 0 Å². The number of aliphatic hydroxyl groups excluding tert-OH is 1. The van der Waals surface area contributed by atoms with E-state index in [9.17, 15) is 5.11 Å². The summed E-state index contributed by atoms with van der Waals surface area (Å²) in [4.78, 5) is 0. The minimum Gasteiger partial charge on any atom is -0.388 e. The lowest BCUT2D eigenvalue weighted by atomic mass is 9.77. The number of allylic oxidation sites excluding steroid dienone is 1. The van der Waals surface area contributed by atoms with Crippen molar-refractivity contribution in [3.63, 3.8) is 0 Å². The number of hydrogen-bond acceptors (Lipinski definition) is 3. The lowest BCUT2D eigenvalue weighted by Crippen LogP contribution is -2.49. The van der Waals surface area contributed by atoms with E-state index in [1.807, 2.05) is 6.08 Å². The Balaban J connectivity index is 1.98. The summed E-state index contributed by atoms with van der Waals surface area (Å²) in [5.41, 5.74) is -0.177. The fourth-order valence-electron chi connectivity index (χ4n) is 3.31. The first kappa shape index (κ1) is 8.89. The summed E-state index contributed by atoms with van der Waals surface area (Å²) in [6.45, 7) is 1.35. The number of rotatable bonds is 0. The minimum atomic E-state index is -0.476. The van der Waals surface area contributed by atoms with E-state index in [0.717, 1.165) is 25.7 Å². The first-order chi connectivity index (χ1) is 6.79. The summed E-state index contributed by atoms with van der Waals surface area (Å²) in [6, 6.07) is 0. The third-order valence-electron chi connectivity index (χ3n) is 4.01. The second-order valence-electron chi connectivity index (χ2n) is 4.54. The second kappa shape index (κ2) is 2.81. The van der Waals surface area contributed by atoms with Crippen LogP contribution in [0.2, 0.25) is 0 Å². The summed E-state index contributed by atoms with van der Waals surface area (Å²) in [7, 11) is 0. The molecule has 1 N–H and O–H groups in total. The molecule has 1 heterocycles. The maximum absolute atomic E-state index is 10.1. The van der Waals surface area contributed by atoms with Crippen LogP contribution in [0, 0.1) is 5.41 Å². The summed E-state index contributed by atoms with van der Waals surface area (Å²) in [5.74, 6) is -0.476. The molecule has 2 atom stereocenters. The Bertz CT molecular complexity index is 262. The quantitative estimate of drug-likeness (QED) is 0.592. The maximum Gasteiger partial charge on any atom is 0.177 e. The van der Waals surface area contributed by atoms with Crippen molar-refractivity contribution >= 4 is 0 Å². The molecule has 2 spiro atoms. The fraction of sp³-hybridized carbons (Fsp3) is 0.818. The van der Waals surface area contributed by atoms with Gasteiger partial charge < -0.3 is 14.6 Å². The van der Waals surface area contributed by atoms with E-state index in [2.05, 4.69) is 6.08 Å². The van der Waals surface area contributed by atoms with Crippen molar-refractivity contribution in [3.05, 3.63) is 12.2 Å². The highest BCUT2D eigenvalue weighted by atomic mass is 16.7. The molecule has 0 unspecified atom stereocenters. The summed E-state index contributed by atoms with van der Waals surface area (Å²) >= 11 is 0. The van der Waals surface area contributed by atoms with Gasteiger partial charge in [-0.1, -0.05) is 12.2 Å². The van der Waals surface area contributed by atoms with Crippen LogP contribution < -0.4 is 0 Å². The van der Waals surface area contributed by atoms with Crippen LogP contribution in [0.5, 0.6) is 0 Å². The largest absolute Gasteiger partial charge is 0.388 e. The molecule has 3 aliphatic rings. The summed E-state index contributed by atoms with van der Waals surface area (Å²) in [5, 5.41) is 10.1. The normalized spacial score (nSPS) is 44.5. The van der Waals surface area contributed by atoms with Crippen molar-refractivity contribution in [2.24, 2.45) is 5.41 Å². The van der Waals surface area contributed by atoms with Crippen LogP contribution >= 0.6 is 0 Å². The first-order valence-electron chi connectivity index (χ1n) is 5.42. The highest BCUT2D eigenvalue weighted by Crippen LogP contribution is 2.57. The highest BCUT2D eigenvalue weighted by Gasteiger charge is 2.62. The highest BCUT2D eigenvalue weighted by molar-refractivity contribution is 5.18. The molecular weight excluding hydrogens is 180 g/mol. The molecule has 0 bridgehead atoms. The smallest absolute Gasteiger partial charge is 0.177 e. The molecule has 0 radical (unpaired) electrons. The molecule has 14 heavy (non-hydrogen) atoms. The van der Waals surface area contributed by atoms with Crippen molar-refractivity contribution in [1.82, 2.24) is 0 Å². The molecule has 0 amide bonds. The van der Waals surface area contributed by atoms with E-state index in [4.69, 9.17) is 9.47 Å². The van der Waals surface area contributed by atoms with Crippen LogP contribution in [0.1, 0.15) is 25.7 Å². The van der Waals surface area contributed by atoms with E-state index in [0.29, 0.717) is 13.2 Å². The minimum absolute atomic E-state index is 0.177. The summed E-state index contributed by atoms with van der Waals surface area (Å²) in [6.07, 6.45) is 7.50. The number of aliphatic hydroxyl groups is 1. The topological polar surface area (TPSA) is 38.7 Å². The molecule has 0 aromatic carbocycles. The molecule has 2 aliphatic carbocycles. The molecule has 1 saturated heterocycles. The van der Waals surface area contributed by atoms with Crippen molar-refractivity contribution in [3.8, 4) is 0 Å². The predicted molar refractivity (Wildman–Crippen MR) is 50.7 cm³/mol. The Morgan fingerprint density at radius 3 is 2.64 bits per heavy atom. The monoisotopic (exact) mass is 196 g/mol. The molecular formula is C11H16O3. The Hall–Kier alpha value is -0.380. The van der Waals surface area contributed by atoms with Crippen molar-refractivity contribution < 1.29 is 14.6 Å². The molecule has 3 nitrogen and oxygen atoms in total. The SMILES string of the molecule is O[C@H]1C=CC[C@]12CCCC21OCCO1. The van der Waals surface area contributed by atoms with E-state index < -0.39 is 5.79 Å². The third kappa shape index (κ3) is 0.879. The maximum atomic E-state index is 10.1. The van der Waals surface area contributed by atoms with Gasteiger partial charge in [0.05, 0.1) is 24.7 Å². The molecule has 0 aromatic heterocycles. The molecule has 3 rings (SSSR count). The Labute approximate surface area is 83.7 Å². The Morgan fingerprint density at radius 2 is 2.00 bits per heavy atom. The van der Waals surface area contributed by atoms with E-state index >= 15 is 0 Å². The van der Waals surface area contributed by atoms with Gasteiger partial charge in [0, 0.05) is 6.42 Å². The standard InChI is InChI=1S/C11H16O3/c12-9-3-1-4-10(9)5-2-6-11(10)13-7-8-14-11/h1,3,9,12H,2,4-8H2/t9-,10-/m0/s1. The average molecular weight is 196 g/mol. The fourth-order valence-corrected chi connectivity index (χ4v) is 3.31. The lowest BCUT2D eigenvalue weighted by Gasteiger charge is -2.41. The predicted octanol–water partition coefficient (Wildman–Crippen LogP) is 1.22. The van der Waals surface area contributed by atoms with Gasteiger partial charge in [-0.05, 0) is 19.3 Å². The molecule has 1 aliphatic heterocycles. The molecule has 0 aromatic rings. The Morgan fingerprint density at radius 1 is 1.21 bits per heavy atom. The van der Waals surface area contributed by atoms with Gasteiger partial charge in [-0.3, -0.25) is 0 Å². The van der Waals surface area contributed by atoms with Crippen LogP contribution in [-0.2, 0) is 9.47 Å². The number of fused-ring (bicyclic) bond motifs is 1. The average Bonchev–Trinajstić information content (AvgIpc) is 2.84. The van der Waals surface area contributed by atoms with Crippen molar-refractivity contribution in [2.75, 3.05) is 13.2 Å². The molecule has 1 saturated carbocycles. The van der Waals surface area contributed by atoms with Gasteiger partial charge in [0.15, 0.2) is 5.79 Å². The van der Waals surface area contributed by atoms with Crippen LogP contribution in [0.4, 0.5) is 0 Å². The molecule has 2 fully saturated rings. The van der Waals surface area contributed by atoms with Gasteiger partial charge in [-0.15, -0.1) is 0 Å². The van der Waals surface area contributed by atoms with Crippen LogP contribution in [0.25, 0.3) is 0 Å². The Kier molecular flexibility index (Phi) is 1.79. The van der Waals surface area contributed by atoms with Crippen molar-refractivity contribution in [2.45, 2.75) is 37.6 Å². The third-order valence-corrected chi connectivity index (χ3v) is 4.01. The number of ether oxygens (including phenoxy) is 2. The van der Waals surface area contributed by atoms with E-state index in [-0.39, 0.29) is 11.5 Å². The number of hydrogen-bond donors (Lipinski definition) is 1. The molecule has 3 heteroatoms. The van der Waals surface area contributed by atoms with Crippen molar-refractivity contribution in [1.29, 1.82) is 0 Å². The second-order valence-corrected chi connectivity index (χ2v) is 4.54. The zero-order valence-electron chi connectivity index (χ0n) is 8.24. The van der Waals surface area contributed by atoms with Gasteiger partial charge in [0.2, 0.25) is 0 Å². The lowest BCUT2D eigenvalue weighted by molar-refractivity contribution is -0.238. The molecule has 78 valence electrons. The van der Waals surface area contributed by atoms with Gasteiger partial charge >= 0.3 is 0 Å². The van der Waals surface area contributed by atoms with Crippen LogP contribution in [0.15, 0.2) is 12.2 Å².